The summed E-state index contributed by atoms with van der Waals surface area (Å²) in [6, 6.07) is 0. The number of hydrogen-bond acceptors (Lipinski definition) is 4. The third-order valence-electron chi connectivity index (χ3n) is 4.02. The Hall–Kier alpha value is -1.64. The molecule has 1 amide bonds. The lowest BCUT2D eigenvalue weighted by Gasteiger charge is -2.31. The zero-order valence-corrected chi connectivity index (χ0v) is 11.5. The van der Waals surface area contributed by atoms with Crippen LogP contribution in [-0.2, 0) is 28.8 Å². The molecule has 0 radical (unpaired) electrons. The van der Waals surface area contributed by atoms with Crippen molar-refractivity contribution in [3.63, 3.8) is 0 Å². The highest BCUT2D eigenvalue weighted by Gasteiger charge is 2.52. The van der Waals surface area contributed by atoms with Crippen molar-refractivity contribution in [3.05, 3.63) is 11.6 Å². The highest BCUT2D eigenvalue weighted by Crippen LogP contribution is 2.47. The Bertz CT molecular complexity index is 565. The van der Waals surface area contributed by atoms with Crippen LogP contribution in [0.4, 0.5) is 13.2 Å². The zero-order valence-electron chi connectivity index (χ0n) is 11.5. The molecule has 1 fully saturated rings. The zero-order chi connectivity index (χ0) is 15.3. The molecular weight excluding hydrogens is 289 g/mol. The van der Waals surface area contributed by atoms with Gasteiger partial charge in [-0.3, -0.25) is 4.79 Å². The summed E-state index contributed by atoms with van der Waals surface area (Å²) < 4.78 is 44.3. The molecule has 3 rings (SSSR count). The first-order valence-corrected chi connectivity index (χ1v) is 6.65. The fourth-order valence-corrected chi connectivity index (χ4v) is 2.72. The molecule has 0 aromatic carbocycles. The third-order valence-corrected chi connectivity index (χ3v) is 4.02. The molecule has 1 aromatic heterocycles. The first-order chi connectivity index (χ1) is 9.87. The average molecular weight is 304 g/mol. The molecule has 0 spiro atoms. The van der Waals surface area contributed by atoms with Gasteiger partial charge in [0.2, 0.25) is 11.7 Å². The molecule has 0 saturated heterocycles. The second-order valence-electron chi connectivity index (χ2n) is 5.53. The molecule has 0 atom stereocenters. The van der Waals surface area contributed by atoms with Gasteiger partial charge in [0.05, 0.1) is 18.6 Å². The van der Waals surface area contributed by atoms with Gasteiger partial charge in [-0.15, -0.1) is 10.2 Å². The molecule has 2 aliphatic rings. The number of amides is 1. The Morgan fingerprint density at radius 1 is 1.33 bits per heavy atom. The van der Waals surface area contributed by atoms with Crippen molar-refractivity contribution >= 4 is 5.91 Å². The minimum Gasteiger partial charge on any atom is -0.384 e. The molecule has 0 bridgehead atoms. The van der Waals surface area contributed by atoms with Gasteiger partial charge in [-0.25, -0.2) is 0 Å². The van der Waals surface area contributed by atoms with E-state index in [1.165, 1.54) is 7.11 Å². The minimum absolute atomic E-state index is 0.0615. The van der Waals surface area contributed by atoms with Gasteiger partial charge in [-0.1, -0.05) is 0 Å². The van der Waals surface area contributed by atoms with Crippen molar-refractivity contribution in [1.82, 2.24) is 19.7 Å². The molecule has 1 aliphatic heterocycles. The van der Waals surface area contributed by atoms with Crippen molar-refractivity contribution in [2.45, 2.75) is 32.1 Å². The summed E-state index contributed by atoms with van der Waals surface area (Å²) in [7, 11) is 1.54. The smallest absolute Gasteiger partial charge is 0.384 e. The molecule has 1 aliphatic carbocycles. The van der Waals surface area contributed by atoms with Gasteiger partial charge in [0, 0.05) is 20.2 Å². The Morgan fingerprint density at radius 2 is 2.05 bits per heavy atom. The van der Waals surface area contributed by atoms with Crippen LogP contribution in [0.3, 0.4) is 0 Å². The Morgan fingerprint density at radius 3 is 2.62 bits per heavy atom. The van der Waals surface area contributed by atoms with E-state index < -0.39 is 17.4 Å². The summed E-state index contributed by atoms with van der Waals surface area (Å²) in [6.45, 7) is 0.709. The van der Waals surface area contributed by atoms with E-state index in [2.05, 4.69) is 10.2 Å². The molecule has 0 unspecified atom stereocenters. The van der Waals surface area contributed by atoms with E-state index in [0.717, 1.165) is 17.4 Å². The van der Waals surface area contributed by atoms with Crippen LogP contribution in [0, 0.1) is 5.41 Å². The van der Waals surface area contributed by atoms with Gasteiger partial charge >= 0.3 is 6.18 Å². The summed E-state index contributed by atoms with van der Waals surface area (Å²) in [5.41, 5.74) is -0.482. The fraction of sp³-hybridized carbons (Fsp3) is 0.750. The summed E-state index contributed by atoms with van der Waals surface area (Å²) in [4.78, 5) is 14.0. The summed E-state index contributed by atoms with van der Waals surface area (Å²) in [5.74, 6) is -0.884. The highest BCUT2D eigenvalue weighted by atomic mass is 19.4. The second-order valence-corrected chi connectivity index (χ2v) is 5.53. The molecule has 6 nitrogen and oxygen atoms in total. The van der Waals surface area contributed by atoms with Crippen LogP contribution in [0.2, 0.25) is 0 Å². The molecule has 21 heavy (non-hydrogen) atoms. The van der Waals surface area contributed by atoms with E-state index in [9.17, 15) is 18.0 Å². The normalized spacial score (nSPS) is 20.3. The SMILES string of the molecule is COCC1(C(=O)N2CCn3c(nnc3C(F)(F)F)C2)CC1. The van der Waals surface area contributed by atoms with Gasteiger partial charge in [0.15, 0.2) is 5.82 Å². The number of aromatic nitrogens is 3. The number of rotatable bonds is 3. The van der Waals surface area contributed by atoms with E-state index in [4.69, 9.17) is 4.74 Å². The predicted molar refractivity (Wildman–Crippen MR) is 64.0 cm³/mol. The summed E-state index contributed by atoms with van der Waals surface area (Å²) in [6.07, 6.45) is -3.00. The third kappa shape index (κ3) is 2.39. The number of ether oxygens (including phenoxy) is 1. The lowest BCUT2D eigenvalue weighted by Crippen LogP contribution is -2.44. The number of methoxy groups -OCH3 is 1. The summed E-state index contributed by atoms with van der Waals surface area (Å²) in [5, 5.41) is 6.77. The number of nitrogens with zero attached hydrogens (tertiary/aromatic N) is 4. The number of fused-ring (bicyclic) bond motifs is 1. The summed E-state index contributed by atoms with van der Waals surface area (Å²) >= 11 is 0. The van der Waals surface area contributed by atoms with Crippen LogP contribution in [0.1, 0.15) is 24.5 Å². The van der Waals surface area contributed by atoms with Gasteiger partial charge in [-0.2, -0.15) is 13.2 Å². The standard InChI is InChI=1S/C12H15F3N4O2/c1-21-7-11(2-3-11)10(20)18-4-5-19-8(6-18)16-17-9(19)12(13,14)15/h2-7H2,1H3. The second kappa shape index (κ2) is 4.69. The maximum absolute atomic E-state index is 12.7. The Balaban J connectivity index is 1.77. The van der Waals surface area contributed by atoms with E-state index >= 15 is 0 Å². The molecule has 9 heteroatoms. The van der Waals surface area contributed by atoms with Crippen molar-refractivity contribution < 1.29 is 22.7 Å². The monoisotopic (exact) mass is 304 g/mol. The number of carbonyl (C=O) groups excluding carboxylic acids is 1. The predicted octanol–water partition coefficient (Wildman–Crippen LogP) is 1.07. The minimum atomic E-state index is -4.52. The quantitative estimate of drug-likeness (QED) is 0.838. The Kier molecular flexibility index (Phi) is 3.19. The van der Waals surface area contributed by atoms with Crippen LogP contribution < -0.4 is 0 Å². The van der Waals surface area contributed by atoms with Gasteiger partial charge < -0.3 is 14.2 Å². The first kappa shape index (κ1) is 14.3. The number of hydrogen-bond donors (Lipinski definition) is 0. The maximum atomic E-state index is 12.7. The first-order valence-electron chi connectivity index (χ1n) is 6.65. The van der Waals surface area contributed by atoms with Crippen LogP contribution in [-0.4, -0.2) is 45.8 Å². The molecule has 0 N–H and O–H groups in total. The highest BCUT2D eigenvalue weighted by molar-refractivity contribution is 5.85. The largest absolute Gasteiger partial charge is 0.451 e. The van der Waals surface area contributed by atoms with Crippen molar-refractivity contribution in [3.8, 4) is 0 Å². The number of alkyl halides is 3. The van der Waals surface area contributed by atoms with Crippen LogP contribution >= 0.6 is 0 Å². The van der Waals surface area contributed by atoms with Gasteiger partial charge in [-0.05, 0) is 12.8 Å². The number of halogens is 3. The van der Waals surface area contributed by atoms with Crippen LogP contribution in [0.5, 0.6) is 0 Å². The van der Waals surface area contributed by atoms with E-state index in [-0.39, 0.29) is 31.4 Å². The van der Waals surface area contributed by atoms with E-state index in [1.807, 2.05) is 0 Å². The molecule has 2 heterocycles. The van der Waals surface area contributed by atoms with Crippen molar-refractivity contribution in [1.29, 1.82) is 0 Å². The lowest BCUT2D eigenvalue weighted by molar-refractivity contribution is -0.148. The van der Waals surface area contributed by atoms with Gasteiger partial charge in [0.1, 0.15) is 0 Å². The molecule has 116 valence electrons. The fourth-order valence-electron chi connectivity index (χ4n) is 2.72. The molecule has 1 saturated carbocycles. The van der Waals surface area contributed by atoms with Gasteiger partial charge in [0.25, 0.3) is 0 Å². The Labute approximate surface area is 118 Å². The van der Waals surface area contributed by atoms with Crippen LogP contribution in [0.25, 0.3) is 0 Å². The maximum Gasteiger partial charge on any atom is 0.451 e. The topological polar surface area (TPSA) is 60.2 Å². The molecule has 1 aromatic rings. The van der Waals surface area contributed by atoms with E-state index in [1.54, 1.807) is 4.90 Å². The van der Waals surface area contributed by atoms with Crippen LogP contribution in [0.15, 0.2) is 0 Å². The van der Waals surface area contributed by atoms with Crippen molar-refractivity contribution in [2.75, 3.05) is 20.3 Å². The van der Waals surface area contributed by atoms with Crippen molar-refractivity contribution in [2.24, 2.45) is 5.41 Å². The molecular formula is C12H15F3N4O2. The average Bonchev–Trinajstić information content (AvgIpc) is 3.07. The van der Waals surface area contributed by atoms with E-state index in [0.29, 0.717) is 6.61 Å². The lowest BCUT2D eigenvalue weighted by atomic mass is 10.1. The number of carbonyl (C=O) groups is 1.